The molecule has 0 aromatic carbocycles. The van der Waals surface area contributed by atoms with Gasteiger partial charge in [0.1, 0.15) is 18.3 Å². The van der Waals surface area contributed by atoms with Crippen LogP contribution in [0, 0.1) is 5.92 Å². The molecule has 1 heterocycles. The van der Waals surface area contributed by atoms with Gasteiger partial charge in [0, 0.05) is 0 Å². The molecular weight excluding hydrogens is 228 g/mol. The van der Waals surface area contributed by atoms with Gasteiger partial charge in [-0.25, -0.2) is 0 Å². The third-order valence-corrected chi connectivity index (χ3v) is 3.04. The normalized spacial score (nSPS) is 39.8. The van der Waals surface area contributed by atoms with E-state index in [4.69, 9.17) is 9.47 Å². The number of carbonyl (C=O) groups is 1. The van der Waals surface area contributed by atoms with Crippen LogP contribution in [0.1, 0.15) is 20.8 Å². The SMILES string of the molecule is CCOC(=O)C(C)C1O[C@@H](C)[C@H](O)[C@@H](O)[C@H]1O. The number of esters is 1. The molecule has 1 saturated heterocycles. The summed E-state index contributed by atoms with van der Waals surface area (Å²) in [6, 6.07) is 0. The van der Waals surface area contributed by atoms with Crippen LogP contribution in [0.15, 0.2) is 0 Å². The first-order valence-corrected chi connectivity index (χ1v) is 5.76. The van der Waals surface area contributed by atoms with Crippen molar-refractivity contribution in [2.75, 3.05) is 6.61 Å². The first-order valence-electron chi connectivity index (χ1n) is 5.76. The second-order valence-corrected chi connectivity index (χ2v) is 4.32. The Labute approximate surface area is 100 Å². The molecular formula is C11H20O6. The molecule has 0 aromatic rings. The van der Waals surface area contributed by atoms with Crippen molar-refractivity contribution in [1.82, 2.24) is 0 Å². The topological polar surface area (TPSA) is 96.2 Å². The van der Waals surface area contributed by atoms with E-state index in [2.05, 4.69) is 0 Å². The van der Waals surface area contributed by atoms with Crippen LogP contribution < -0.4 is 0 Å². The first-order chi connectivity index (χ1) is 7.90. The molecule has 100 valence electrons. The fourth-order valence-electron chi connectivity index (χ4n) is 1.90. The van der Waals surface area contributed by atoms with Crippen LogP contribution in [-0.2, 0) is 14.3 Å². The molecule has 3 N–H and O–H groups in total. The molecule has 0 saturated carbocycles. The summed E-state index contributed by atoms with van der Waals surface area (Å²) in [5, 5.41) is 28.9. The Morgan fingerprint density at radius 1 is 1.29 bits per heavy atom. The lowest BCUT2D eigenvalue weighted by Gasteiger charge is -2.41. The van der Waals surface area contributed by atoms with Gasteiger partial charge in [-0.1, -0.05) is 0 Å². The number of hydrogen-bond acceptors (Lipinski definition) is 6. The Balaban J connectivity index is 2.73. The molecule has 0 bridgehead atoms. The van der Waals surface area contributed by atoms with Crippen LogP contribution in [0.2, 0.25) is 0 Å². The molecule has 1 fully saturated rings. The van der Waals surface area contributed by atoms with Gasteiger partial charge in [0.05, 0.1) is 24.7 Å². The Bertz CT molecular complexity index is 269. The van der Waals surface area contributed by atoms with E-state index in [0.29, 0.717) is 0 Å². The van der Waals surface area contributed by atoms with Crippen LogP contribution in [-0.4, -0.2) is 58.4 Å². The minimum absolute atomic E-state index is 0.243. The quantitative estimate of drug-likeness (QED) is 0.558. The summed E-state index contributed by atoms with van der Waals surface area (Å²) in [7, 11) is 0. The van der Waals surface area contributed by atoms with Gasteiger partial charge in [-0.05, 0) is 20.8 Å². The molecule has 0 aromatic heterocycles. The third-order valence-electron chi connectivity index (χ3n) is 3.04. The highest BCUT2D eigenvalue weighted by atomic mass is 16.6. The van der Waals surface area contributed by atoms with Gasteiger partial charge in [0.2, 0.25) is 0 Å². The lowest BCUT2D eigenvalue weighted by molar-refractivity contribution is -0.230. The minimum atomic E-state index is -1.32. The van der Waals surface area contributed by atoms with E-state index in [1.54, 1.807) is 20.8 Å². The molecule has 2 unspecified atom stereocenters. The minimum Gasteiger partial charge on any atom is -0.466 e. The van der Waals surface area contributed by atoms with Gasteiger partial charge in [-0.15, -0.1) is 0 Å². The van der Waals surface area contributed by atoms with Crippen molar-refractivity contribution in [3.63, 3.8) is 0 Å². The maximum Gasteiger partial charge on any atom is 0.311 e. The Morgan fingerprint density at radius 2 is 1.88 bits per heavy atom. The molecule has 0 spiro atoms. The Hall–Kier alpha value is -0.690. The number of rotatable bonds is 3. The van der Waals surface area contributed by atoms with Crippen molar-refractivity contribution in [3.8, 4) is 0 Å². The summed E-state index contributed by atoms with van der Waals surface area (Å²) in [6.45, 7) is 5.06. The molecule has 6 atom stereocenters. The summed E-state index contributed by atoms with van der Waals surface area (Å²) < 4.78 is 10.2. The predicted octanol–water partition coefficient (Wildman–Crippen LogP) is -0.944. The van der Waals surface area contributed by atoms with Crippen LogP contribution >= 0.6 is 0 Å². The van der Waals surface area contributed by atoms with Gasteiger partial charge in [-0.2, -0.15) is 0 Å². The van der Waals surface area contributed by atoms with Crippen molar-refractivity contribution < 1.29 is 29.6 Å². The highest BCUT2D eigenvalue weighted by Crippen LogP contribution is 2.26. The molecule has 1 aliphatic heterocycles. The zero-order valence-corrected chi connectivity index (χ0v) is 10.2. The van der Waals surface area contributed by atoms with E-state index in [0.717, 1.165) is 0 Å². The first kappa shape index (κ1) is 14.4. The number of aliphatic hydroxyl groups is 3. The third kappa shape index (κ3) is 2.95. The average Bonchev–Trinajstić information content (AvgIpc) is 2.30. The van der Waals surface area contributed by atoms with Gasteiger partial charge in [0.25, 0.3) is 0 Å². The average molecular weight is 248 g/mol. The van der Waals surface area contributed by atoms with Crippen LogP contribution in [0.25, 0.3) is 0 Å². The highest BCUT2D eigenvalue weighted by Gasteiger charge is 2.45. The molecule has 0 amide bonds. The van der Waals surface area contributed by atoms with Crippen LogP contribution in [0.4, 0.5) is 0 Å². The van der Waals surface area contributed by atoms with E-state index in [9.17, 15) is 20.1 Å². The van der Waals surface area contributed by atoms with Crippen molar-refractivity contribution in [2.45, 2.75) is 51.3 Å². The highest BCUT2D eigenvalue weighted by molar-refractivity contribution is 5.72. The standard InChI is InChI=1S/C11H20O6/c1-4-16-11(15)5(2)10-9(14)8(13)7(12)6(3)17-10/h5-10,12-14H,4H2,1-3H3/t5?,6-,7-,8+,9+,10?/m0/s1. The monoisotopic (exact) mass is 248 g/mol. The molecule has 6 heteroatoms. The molecule has 1 rings (SSSR count). The molecule has 0 radical (unpaired) electrons. The van der Waals surface area contributed by atoms with Crippen LogP contribution in [0.3, 0.4) is 0 Å². The van der Waals surface area contributed by atoms with Crippen molar-refractivity contribution in [2.24, 2.45) is 5.92 Å². The van der Waals surface area contributed by atoms with E-state index >= 15 is 0 Å². The largest absolute Gasteiger partial charge is 0.466 e. The number of hydrogen-bond donors (Lipinski definition) is 3. The zero-order valence-electron chi connectivity index (χ0n) is 10.2. The zero-order chi connectivity index (χ0) is 13.2. The fraction of sp³-hybridized carbons (Fsp3) is 0.909. The lowest BCUT2D eigenvalue weighted by atomic mass is 9.89. The van der Waals surface area contributed by atoms with E-state index in [1.807, 2.05) is 0 Å². The van der Waals surface area contributed by atoms with Crippen LogP contribution in [0.5, 0.6) is 0 Å². The van der Waals surface area contributed by atoms with Crippen molar-refractivity contribution in [1.29, 1.82) is 0 Å². The van der Waals surface area contributed by atoms with E-state index < -0.39 is 42.4 Å². The number of ether oxygens (including phenoxy) is 2. The van der Waals surface area contributed by atoms with E-state index in [1.165, 1.54) is 0 Å². The Morgan fingerprint density at radius 3 is 2.41 bits per heavy atom. The summed E-state index contributed by atoms with van der Waals surface area (Å²) in [5.41, 5.74) is 0. The van der Waals surface area contributed by atoms with E-state index in [-0.39, 0.29) is 6.61 Å². The van der Waals surface area contributed by atoms with Gasteiger partial charge < -0.3 is 24.8 Å². The maximum absolute atomic E-state index is 11.5. The molecule has 6 nitrogen and oxygen atoms in total. The van der Waals surface area contributed by atoms with Gasteiger partial charge >= 0.3 is 5.97 Å². The predicted molar refractivity (Wildman–Crippen MR) is 58.2 cm³/mol. The second kappa shape index (κ2) is 5.77. The second-order valence-electron chi connectivity index (χ2n) is 4.32. The number of aliphatic hydroxyl groups excluding tert-OH is 3. The summed E-state index contributed by atoms with van der Waals surface area (Å²) >= 11 is 0. The van der Waals surface area contributed by atoms with Gasteiger partial charge in [0.15, 0.2) is 0 Å². The molecule has 0 aliphatic carbocycles. The molecule has 17 heavy (non-hydrogen) atoms. The maximum atomic E-state index is 11.5. The smallest absolute Gasteiger partial charge is 0.311 e. The molecule has 1 aliphatic rings. The van der Waals surface area contributed by atoms with Gasteiger partial charge in [-0.3, -0.25) is 4.79 Å². The number of carbonyl (C=O) groups excluding carboxylic acids is 1. The van der Waals surface area contributed by atoms with Crippen molar-refractivity contribution in [3.05, 3.63) is 0 Å². The van der Waals surface area contributed by atoms with Crippen molar-refractivity contribution >= 4 is 5.97 Å². The lowest BCUT2D eigenvalue weighted by Crippen LogP contribution is -2.59. The summed E-state index contributed by atoms with van der Waals surface area (Å²) in [6.07, 6.45) is -5.30. The Kier molecular flexibility index (Phi) is 4.88. The fourth-order valence-corrected chi connectivity index (χ4v) is 1.90. The summed E-state index contributed by atoms with van der Waals surface area (Å²) in [4.78, 5) is 11.5. The summed E-state index contributed by atoms with van der Waals surface area (Å²) in [5.74, 6) is -1.19.